The van der Waals surface area contributed by atoms with E-state index in [1.54, 1.807) is 18.4 Å². The van der Waals surface area contributed by atoms with Crippen LogP contribution in [0.15, 0.2) is 39.4 Å². The van der Waals surface area contributed by atoms with Gasteiger partial charge in [-0.15, -0.1) is 0 Å². The van der Waals surface area contributed by atoms with Crippen LogP contribution in [0.5, 0.6) is 0 Å². The Bertz CT molecular complexity index is 657. The molecule has 0 saturated carbocycles. The van der Waals surface area contributed by atoms with Gasteiger partial charge in [-0.1, -0.05) is 15.9 Å². The molecular weight excluding hydrogens is 294 g/mol. The summed E-state index contributed by atoms with van der Waals surface area (Å²) in [5.74, 6) is 0.579. The fourth-order valence-corrected chi connectivity index (χ4v) is 2.42. The highest BCUT2D eigenvalue weighted by Crippen LogP contribution is 2.38. The number of halogens is 1. The van der Waals surface area contributed by atoms with Crippen LogP contribution in [0, 0.1) is 6.92 Å². The molecule has 3 rings (SSSR count). The summed E-state index contributed by atoms with van der Waals surface area (Å²) in [5.41, 5.74) is 3.46. The smallest absolute Gasteiger partial charge is 0.256 e. The van der Waals surface area contributed by atoms with Gasteiger partial charge in [0.05, 0.1) is 11.8 Å². The topological polar surface area (TPSA) is 42.2 Å². The summed E-state index contributed by atoms with van der Waals surface area (Å²) in [6, 6.07) is 7.46. The molecule has 0 unspecified atom stereocenters. The van der Waals surface area contributed by atoms with Gasteiger partial charge in [-0.25, -0.2) is 0 Å². The predicted octanol–water partition coefficient (Wildman–Crippen LogP) is 3.84. The molecule has 0 spiro atoms. The summed E-state index contributed by atoms with van der Waals surface area (Å²) < 4.78 is 6.25. The van der Waals surface area contributed by atoms with Gasteiger partial charge in [0.1, 0.15) is 5.76 Å². The maximum Gasteiger partial charge on any atom is 0.256 e. The number of hydrogen-bond donors (Lipinski definition) is 1. The van der Waals surface area contributed by atoms with Gasteiger partial charge < -0.3 is 9.73 Å². The second-order valence-electron chi connectivity index (χ2n) is 4.12. The molecule has 4 heteroatoms. The summed E-state index contributed by atoms with van der Waals surface area (Å²) in [5, 5.41) is 2.86. The molecule has 1 aromatic carbocycles. The quantitative estimate of drug-likeness (QED) is 0.813. The van der Waals surface area contributed by atoms with Crippen molar-refractivity contribution in [1.29, 1.82) is 0 Å². The Kier molecular flexibility index (Phi) is 2.59. The highest BCUT2D eigenvalue weighted by atomic mass is 79.9. The van der Waals surface area contributed by atoms with Crippen LogP contribution in [-0.2, 0) is 4.79 Å². The zero-order chi connectivity index (χ0) is 12.7. The molecule has 2 heterocycles. The van der Waals surface area contributed by atoms with E-state index in [1.165, 1.54) is 0 Å². The first-order valence-corrected chi connectivity index (χ1v) is 6.32. The highest BCUT2D eigenvalue weighted by Gasteiger charge is 2.26. The van der Waals surface area contributed by atoms with Crippen molar-refractivity contribution in [1.82, 2.24) is 0 Å². The summed E-state index contributed by atoms with van der Waals surface area (Å²) in [4.78, 5) is 12.0. The lowest BCUT2D eigenvalue weighted by atomic mass is 10.0. The van der Waals surface area contributed by atoms with Gasteiger partial charge in [-0.2, -0.15) is 0 Å². The van der Waals surface area contributed by atoms with E-state index in [0.717, 1.165) is 21.3 Å². The highest BCUT2D eigenvalue weighted by molar-refractivity contribution is 9.10. The number of anilines is 1. The zero-order valence-electron chi connectivity index (χ0n) is 9.66. The molecule has 3 nitrogen and oxygen atoms in total. The van der Waals surface area contributed by atoms with Gasteiger partial charge in [0, 0.05) is 15.7 Å². The van der Waals surface area contributed by atoms with Crippen molar-refractivity contribution < 1.29 is 9.21 Å². The number of hydrogen-bond acceptors (Lipinski definition) is 2. The molecule has 0 fully saturated rings. The number of furan rings is 1. The van der Waals surface area contributed by atoms with Crippen molar-refractivity contribution in [2.24, 2.45) is 0 Å². The third kappa shape index (κ3) is 1.69. The fourth-order valence-electron chi connectivity index (χ4n) is 2.09. The van der Waals surface area contributed by atoms with Crippen LogP contribution < -0.4 is 5.32 Å². The van der Waals surface area contributed by atoms with Crippen LogP contribution in [0.1, 0.15) is 16.9 Å². The Balaban J connectivity index is 2.20. The minimum Gasteiger partial charge on any atom is -0.465 e. The van der Waals surface area contributed by atoms with E-state index in [4.69, 9.17) is 4.42 Å². The summed E-state index contributed by atoms with van der Waals surface area (Å²) in [7, 11) is 0. The number of fused-ring (bicyclic) bond motifs is 1. The maximum atomic E-state index is 12.0. The van der Waals surface area contributed by atoms with Crippen LogP contribution in [0.2, 0.25) is 0 Å². The van der Waals surface area contributed by atoms with Crippen LogP contribution in [-0.4, -0.2) is 5.91 Å². The first-order valence-electron chi connectivity index (χ1n) is 5.53. The normalized spacial score (nSPS) is 15.9. The number of carbonyl (C=O) groups is 1. The number of carbonyl (C=O) groups excluding carboxylic acids is 1. The first-order chi connectivity index (χ1) is 8.66. The molecular formula is C14H10BrNO2. The SMILES string of the molecule is Cc1c(Br)ccc2c1C(=Cc1ccco1)C(=O)N2. The van der Waals surface area contributed by atoms with E-state index in [2.05, 4.69) is 21.2 Å². The predicted molar refractivity (Wildman–Crippen MR) is 74.1 cm³/mol. The van der Waals surface area contributed by atoms with E-state index in [1.807, 2.05) is 25.1 Å². The minimum absolute atomic E-state index is 0.0948. The van der Waals surface area contributed by atoms with Crippen molar-refractivity contribution in [2.75, 3.05) is 5.32 Å². The van der Waals surface area contributed by atoms with Gasteiger partial charge >= 0.3 is 0 Å². The number of nitrogens with one attached hydrogen (secondary N) is 1. The molecule has 0 saturated heterocycles. The van der Waals surface area contributed by atoms with E-state index in [-0.39, 0.29) is 5.91 Å². The van der Waals surface area contributed by atoms with Gasteiger partial charge in [-0.3, -0.25) is 4.79 Å². The van der Waals surface area contributed by atoms with E-state index < -0.39 is 0 Å². The maximum absolute atomic E-state index is 12.0. The van der Waals surface area contributed by atoms with Crippen molar-refractivity contribution in [3.63, 3.8) is 0 Å². The molecule has 1 amide bonds. The van der Waals surface area contributed by atoms with Crippen LogP contribution >= 0.6 is 15.9 Å². The summed E-state index contributed by atoms with van der Waals surface area (Å²) in [6.07, 6.45) is 3.36. The fraction of sp³-hybridized carbons (Fsp3) is 0.0714. The van der Waals surface area contributed by atoms with Crippen LogP contribution in [0.25, 0.3) is 11.6 Å². The van der Waals surface area contributed by atoms with Crippen molar-refractivity contribution in [3.05, 3.63) is 51.9 Å². The lowest BCUT2D eigenvalue weighted by Crippen LogP contribution is -2.03. The Morgan fingerprint density at radius 2 is 2.17 bits per heavy atom. The number of benzene rings is 1. The average Bonchev–Trinajstić information content (AvgIpc) is 2.94. The van der Waals surface area contributed by atoms with Crippen LogP contribution in [0.3, 0.4) is 0 Å². The molecule has 90 valence electrons. The van der Waals surface area contributed by atoms with E-state index >= 15 is 0 Å². The molecule has 18 heavy (non-hydrogen) atoms. The Morgan fingerprint density at radius 3 is 2.89 bits per heavy atom. The van der Waals surface area contributed by atoms with Crippen molar-refractivity contribution in [3.8, 4) is 0 Å². The minimum atomic E-state index is -0.0948. The standard InChI is InChI=1S/C14H10BrNO2/c1-8-11(15)4-5-12-13(8)10(14(17)16-12)7-9-3-2-6-18-9/h2-7H,1H3,(H,16,17). The molecule has 0 atom stereocenters. The average molecular weight is 304 g/mol. The Hall–Kier alpha value is -1.81. The second-order valence-corrected chi connectivity index (χ2v) is 4.98. The number of amides is 1. The Morgan fingerprint density at radius 1 is 1.33 bits per heavy atom. The zero-order valence-corrected chi connectivity index (χ0v) is 11.2. The molecule has 0 bridgehead atoms. The second kappa shape index (κ2) is 4.14. The molecule has 1 aliphatic rings. The summed E-state index contributed by atoms with van der Waals surface area (Å²) in [6.45, 7) is 1.99. The van der Waals surface area contributed by atoms with Gasteiger partial charge in [0.2, 0.25) is 0 Å². The van der Waals surface area contributed by atoms with Crippen molar-refractivity contribution in [2.45, 2.75) is 6.92 Å². The van der Waals surface area contributed by atoms with Crippen LogP contribution in [0.4, 0.5) is 5.69 Å². The van der Waals surface area contributed by atoms with Gasteiger partial charge in [0.15, 0.2) is 0 Å². The molecule has 1 N–H and O–H groups in total. The third-order valence-electron chi connectivity index (χ3n) is 2.99. The molecule has 0 aliphatic carbocycles. The summed E-state index contributed by atoms with van der Waals surface area (Å²) >= 11 is 3.48. The monoisotopic (exact) mass is 303 g/mol. The first kappa shape index (κ1) is 11.3. The van der Waals surface area contributed by atoms with Gasteiger partial charge in [-0.05, 0) is 42.8 Å². The molecule has 1 aromatic heterocycles. The molecule has 1 aliphatic heterocycles. The lowest BCUT2D eigenvalue weighted by Gasteiger charge is -2.05. The van der Waals surface area contributed by atoms with Crippen molar-refractivity contribution >= 4 is 39.2 Å². The Labute approximate surface area is 113 Å². The van der Waals surface area contributed by atoms with E-state index in [9.17, 15) is 4.79 Å². The van der Waals surface area contributed by atoms with E-state index in [0.29, 0.717) is 11.3 Å². The third-order valence-corrected chi connectivity index (χ3v) is 3.85. The largest absolute Gasteiger partial charge is 0.465 e. The number of rotatable bonds is 1. The van der Waals surface area contributed by atoms with Gasteiger partial charge in [0.25, 0.3) is 5.91 Å². The molecule has 2 aromatic rings. The lowest BCUT2D eigenvalue weighted by molar-refractivity contribution is -0.110. The molecule has 0 radical (unpaired) electrons.